The summed E-state index contributed by atoms with van der Waals surface area (Å²) in [6, 6.07) is 0.858. The van der Waals surface area contributed by atoms with Crippen LogP contribution in [0.5, 0.6) is 0 Å². The van der Waals surface area contributed by atoms with Crippen LogP contribution in [0.25, 0.3) is 0 Å². The number of allylic oxidation sites excluding steroid dienone is 1. The summed E-state index contributed by atoms with van der Waals surface area (Å²) in [6.07, 6.45) is 1.85. The van der Waals surface area contributed by atoms with Gasteiger partial charge in [0.15, 0.2) is 0 Å². The lowest BCUT2D eigenvalue weighted by molar-refractivity contribution is 0.218. The zero-order valence-electron chi connectivity index (χ0n) is 7.02. The molecule has 1 unspecified atom stereocenters. The monoisotopic (exact) mass is 160 g/mol. The summed E-state index contributed by atoms with van der Waals surface area (Å²) >= 11 is 0. The Bertz CT molecular complexity index is 106. The first-order valence-corrected chi connectivity index (χ1v) is 6.01. The highest BCUT2D eigenvalue weighted by Crippen LogP contribution is 2.11. The molecule has 0 fully saturated rings. The second-order valence-corrected chi connectivity index (χ2v) is 5.64. The summed E-state index contributed by atoms with van der Waals surface area (Å²) in [6.45, 7) is 8.40. The molecule has 0 aliphatic carbocycles. The first kappa shape index (κ1) is 9.88. The topological polar surface area (TPSA) is 18.5 Å². The molecule has 10 heavy (non-hydrogen) atoms. The fourth-order valence-corrected chi connectivity index (χ4v) is 2.31. The summed E-state index contributed by atoms with van der Waals surface area (Å²) in [5, 5.41) is 0. The molecule has 0 N–H and O–H groups in total. The van der Waals surface area contributed by atoms with E-state index in [2.05, 4.69) is 6.58 Å². The Kier molecular flexibility index (Phi) is 4.60. The molecule has 1 atom stereocenters. The van der Waals surface area contributed by atoms with Gasteiger partial charge in [-0.15, -0.1) is 6.58 Å². The lowest BCUT2D eigenvalue weighted by Gasteiger charge is -2.22. The number of hydrogen-bond acceptors (Lipinski definition) is 2. The smallest absolute Gasteiger partial charge is 0.338 e. The Morgan fingerprint density at radius 1 is 1.60 bits per heavy atom. The summed E-state index contributed by atoms with van der Waals surface area (Å²) in [5.74, 6) is 0. The quantitative estimate of drug-likeness (QED) is 0.452. The van der Waals surface area contributed by atoms with Gasteiger partial charge in [-0.3, -0.25) is 0 Å². The van der Waals surface area contributed by atoms with Gasteiger partial charge in [-0.05, 0) is 13.5 Å². The van der Waals surface area contributed by atoms with E-state index in [1.54, 1.807) is 7.11 Å². The minimum Gasteiger partial charge on any atom is -0.398 e. The Labute approximate surface area is 64.1 Å². The van der Waals surface area contributed by atoms with E-state index in [-0.39, 0.29) is 0 Å². The lowest BCUT2D eigenvalue weighted by Crippen LogP contribution is -2.36. The zero-order chi connectivity index (χ0) is 8.04. The van der Waals surface area contributed by atoms with E-state index in [0.29, 0.717) is 0 Å². The van der Waals surface area contributed by atoms with E-state index in [9.17, 15) is 0 Å². The highest BCUT2D eigenvalue weighted by molar-refractivity contribution is 6.66. The third-order valence-corrected chi connectivity index (χ3v) is 4.19. The van der Waals surface area contributed by atoms with Gasteiger partial charge in [0, 0.05) is 19.8 Å². The van der Waals surface area contributed by atoms with Gasteiger partial charge in [0.1, 0.15) is 0 Å². The third-order valence-electron chi connectivity index (χ3n) is 1.40. The Balaban J connectivity index is 3.80. The summed E-state index contributed by atoms with van der Waals surface area (Å²) in [5.41, 5.74) is 0. The van der Waals surface area contributed by atoms with Crippen molar-refractivity contribution < 1.29 is 8.85 Å². The number of hydrogen-bond donors (Lipinski definition) is 0. The summed E-state index contributed by atoms with van der Waals surface area (Å²) in [7, 11) is -0.142. The molecular weight excluding hydrogens is 144 g/mol. The van der Waals surface area contributed by atoms with Crippen LogP contribution in [0.1, 0.15) is 6.92 Å². The van der Waals surface area contributed by atoms with E-state index in [0.717, 1.165) is 12.7 Å². The van der Waals surface area contributed by atoms with Crippen LogP contribution in [0.2, 0.25) is 12.6 Å². The van der Waals surface area contributed by atoms with Gasteiger partial charge in [0.2, 0.25) is 0 Å². The summed E-state index contributed by atoms with van der Waals surface area (Å²) < 4.78 is 10.7. The normalized spacial score (nSPS) is 16.3. The van der Waals surface area contributed by atoms with Crippen LogP contribution in [-0.2, 0) is 8.85 Å². The Morgan fingerprint density at radius 3 is 2.50 bits per heavy atom. The largest absolute Gasteiger partial charge is 0.398 e. The standard InChI is InChI=1S/C7H16O2Si/c1-5-7-10(4,8-3)9-6-2/h5H,1,6-7H2,2-4H3. The van der Waals surface area contributed by atoms with Crippen molar-refractivity contribution in [3.8, 4) is 0 Å². The highest BCUT2D eigenvalue weighted by atomic mass is 28.4. The van der Waals surface area contributed by atoms with Gasteiger partial charge in [-0.1, -0.05) is 6.08 Å². The molecule has 3 heteroatoms. The Morgan fingerprint density at radius 2 is 2.20 bits per heavy atom. The van der Waals surface area contributed by atoms with Crippen molar-refractivity contribution in [3.05, 3.63) is 12.7 Å². The fourth-order valence-electron chi connectivity index (χ4n) is 0.769. The molecule has 0 aromatic carbocycles. The van der Waals surface area contributed by atoms with Crippen molar-refractivity contribution in [1.29, 1.82) is 0 Å². The fraction of sp³-hybridized carbons (Fsp3) is 0.714. The van der Waals surface area contributed by atoms with Crippen LogP contribution >= 0.6 is 0 Å². The zero-order valence-corrected chi connectivity index (χ0v) is 8.02. The van der Waals surface area contributed by atoms with Gasteiger partial charge in [-0.2, -0.15) is 0 Å². The van der Waals surface area contributed by atoms with Gasteiger partial charge >= 0.3 is 8.56 Å². The van der Waals surface area contributed by atoms with Gasteiger partial charge in [0.05, 0.1) is 0 Å². The van der Waals surface area contributed by atoms with Crippen molar-refractivity contribution >= 4 is 8.56 Å². The van der Waals surface area contributed by atoms with Crippen molar-refractivity contribution in [2.75, 3.05) is 13.7 Å². The minimum absolute atomic E-state index is 0.727. The second kappa shape index (κ2) is 4.66. The molecule has 0 aromatic heterocycles. The molecule has 0 aliphatic heterocycles. The van der Waals surface area contributed by atoms with Gasteiger partial charge in [0.25, 0.3) is 0 Å². The first-order valence-electron chi connectivity index (χ1n) is 3.48. The maximum atomic E-state index is 5.46. The van der Waals surface area contributed by atoms with Crippen LogP contribution in [0.15, 0.2) is 12.7 Å². The molecule has 0 saturated heterocycles. The van der Waals surface area contributed by atoms with Crippen molar-refractivity contribution in [2.24, 2.45) is 0 Å². The second-order valence-electron chi connectivity index (χ2n) is 2.26. The maximum Gasteiger partial charge on any atom is 0.338 e. The van der Waals surface area contributed by atoms with Crippen molar-refractivity contribution in [3.63, 3.8) is 0 Å². The van der Waals surface area contributed by atoms with E-state index in [1.807, 2.05) is 19.5 Å². The Hall–Kier alpha value is -0.123. The van der Waals surface area contributed by atoms with Crippen LogP contribution in [0.4, 0.5) is 0 Å². The minimum atomic E-state index is -1.84. The molecule has 0 rings (SSSR count). The van der Waals surface area contributed by atoms with Gasteiger partial charge in [-0.25, -0.2) is 0 Å². The van der Waals surface area contributed by atoms with Crippen molar-refractivity contribution in [2.45, 2.75) is 19.5 Å². The predicted molar refractivity (Wildman–Crippen MR) is 45.3 cm³/mol. The molecule has 0 aliphatic rings. The van der Waals surface area contributed by atoms with Crippen LogP contribution in [0, 0.1) is 0 Å². The third kappa shape index (κ3) is 3.15. The lowest BCUT2D eigenvalue weighted by atomic mass is 10.8. The van der Waals surface area contributed by atoms with Crippen LogP contribution in [0.3, 0.4) is 0 Å². The first-order chi connectivity index (χ1) is 4.68. The average molecular weight is 160 g/mol. The van der Waals surface area contributed by atoms with Crippen LogP contribution in [-0.4, -0.2) is 22.3 Å². The SMILES string of the molecule is C=CC[Si](C)(OC)OCC. The van der Waals surface area contributed by atoms with E-state index in [4.69, 9.17) is 8.85 Å². The molecule has 0 amide bonds. The molecular formula is C7H16O2Si. The molecule has 0 radical (unpaired) electrons. The molecule has 60 valence electrons. The van der Waals surface area contributed by atoms with Gasteiger partial charge < -0.3 is 8.85 Å². The molecule has 0 saturated carbocycles. The molecule has 0 aromatic rings. The molecule has 2 nitrogen and oxygen atoms in total. The van der Waals surface area contributed by atoms with E-state index < -0.39 is 8.56 Å². The molecule has 0 bridgehead atoms. The average Bonchev–Trinajstić information content (AvgIpc) is 1.89. The summed E-state index contributed by atoms with van der Waals surface area (Å²) in [4.78, 5) is 0. The van der Waals surface area contributed by atoms with E-state index >= 15 is 0 Å². The highest BCUT2D eigenvalue weighted by Gasteiger charge is 2.27. The number of rotatable bonds is 5. The van der Waals surface area contributed by atoms with Crippen LogP contribution < -0.4 is 0 Å². The van der Waals surface area contributed by atoms with E-state index in [1.165, 1.54) is 0 Å². The van der Waals surface area contributed by atoms with Crippen molar-refractivity contribution in [1.82, 2.24) is 0 Å². The molecule has 0 heterocycles. The predicted octanol–water partition coefficient (Wildman–Crippen LogP) is 1.93. The molecule has 0 spiro atoms. The maximum absolute atomic E-state index is 5.46.